The predicted octanol–water partition coefficient (Wildman–Crippen LogP) is 4.66. The maximum atomic E-state index is 12.5. The van der Waals surface area contributed by atoms with Crippen molar-refractivity contribution < 1.29 is 19.4 Å². The van der Waals surface area contributed by atoms with E-state index >= 15 is 0 Å². The van der Waals surface area contributed by atoms with Crippen LogP contribution in [-0.2, 0) is 4.79 Å². The van der Waals surface area contributed by atoms with Crippen LogP contribution < -0.4 is 14.8 Å². The molecule has 1 aliphatic rings. The number of methoxy groups -OCH3 is 2. The predicted molar refractivity (Wildman–Crippen MR) is 109 cm³/mol. The largest absolute Gasteiger partial charge is 0.502 e. The monoisotopic (exact) mass is 416 g/mol. The number of aromatic hydroxyl groups is 1. The average Bonchev–Trinajstić information content (AvgIpc) is 3.12. The number of phenolic OH excluding ortho intramolecular Hbond substituents is 1. The van der Waals surface area contributed by atoms with Gasteiger partial charge in [0.15, 0.2) is 11.5 Å². The summed E-state index contributed by atoms with van der Waals surface area (Å²) in [5.41, 5.74) is 3.12. The second-order valence-corrected chi connectivity index (χ2v) is 7.60. The van der Waals surface area contributed by atoms with Gasteiger partial charge in [-0.15, -0.1) is 0 Å². The lowest BCUT2D eigenvalue weighted by molar-refractivity contribution is -0.116. The van der Waals surface area contributed by atoms with Crippen molar-refractivity contribution in [3.05, 3.63) is 51.9 Å². The molecule has 0 bridgehead atoms. The van der Waals surface area contributed by atoms with E-state index in [2.05, 4.69) is 9.69 Å². The normalized spacial score (nSPS) is 15.7. The lowest BCUT2D eigenvalue weighted by atomic mass is 9.89. The molecule has 1 aromatic heterocycles. The van der Waals surface area contributed by atoms with Crippen molar-refractivity contribution in [3.63, 3.8) is 0 Å². The first-order valence-corrected chi connectivity index (χ1v) is 9.67. The molecule has 0 aliphatic carbocycles. The molecule has 0 saturated carbocycles. The third-order valence-corrected chi connectivity index (χ3v) is 5.92. The molecule has 8 heteroatoms. The van der Waals surface area contributed by atoms with Crippen molar-refractivity contribution in [2.45, 2.75) is 12.3 Å². The number of hydrogen-bond donors (Lipinski definition) is 2. The van der Waals surface area contributed by atoms with E-state index in [-0.39, 0.29) is 24.0 Å². The Bertz CT molecular complexity index is 1020. The Hall–Kier alpha value is -2.77. The van der Waals surface area contributed by atoms with Crippen molar-refractivity contribution >= 4 is 34.7 Å². The van der Waals surface area contributed by atoms with Crippen molar-refractivity contribution in [1.29, 1.82) is 0 Å². The molecule has 1 atom stereocenters. The van der Waals surface area contributed by atoms with Crippen LogP contribution in [0.4, 0.5) is 5.69 Å². The van der Waals surface area contributed by atoms with Gasteiger partial charge in [0.2, 0.25) is 11.7 Å². The van der Waals surface area contributed by atoms with Gasteiger partial charge in [0.05, 0.1) is 24.8 Å². The summed E-state index contributed by atoms with van der Waals surface area (Å²) in [6.07, 6.45) is 0.270. The Morgan fingerprint density at radius 3 is 2.43 bits per heavy atom. The van der Waals surface area contributed by atoms with Gasteiger partial charge < -0.3 is 19.9 Å². The second-order valence-electron chi connectivity index (χ2n) is 6.36. The van der Waals surface area contributed by atoms with Crippen LogP contribution in [0.15, 0.2) is 36.4 Å². The van der Waals surface area contributed by atoms with Crippen LogP contribution in [0.3, 0.4) is 0 Å². The molecular weight excluding hydrogens is 400 g/mol. The van der Waals surface area contributed by atoms with E-state index in [1.54, 1.807) is 24.3 Å². The Kier molecular flexibility index (Phi) is 4.87. The molecular formula is C20H17ClN2O4S. The molecule has 2 heterocycles. The van der Waals surface area contributed by atoms with Crippen molar-refractivity contribution in [1.82, 2.24) is 4.37 Å². The van der Waals surface area contributed by atoms with Crippen LogP contribution in [0, 0.1) is 0 Å². The number of aromatic nitrogens is 1. The summed E-state index contributed by atoms with van der Waals surface area (Å²) in [4.78, 5) is 13.4. The Morgan fingerprint density at radius 1 is 1.18 bits per heavy atom. The number of ether oxygens (including phenoxy) is 2. The van der Waals surface area contributed by atoms with Crippen molar-refractivity contribution in [3.8, 4) is 28.5 Å². The molecule has 0 radical (unpaired) electrons. The fourth-order valence-electron chi connectivity index (χ4n) is 3.32. The maximum absolute atomic E-state index is 12.5. The Balaban J connectivity index is 1.82. The zero-order valence-corrected chi connectivity index (χ0v) is 16.7. The number of phenols is 1. The van der Waals surface area contributed by atoms with E-state index in [9.17, 15) is 9.90 Å². The number of hydrogen-bond acceptors (Lipinski definition) is 6. The number of nitrogens with zero attached hydrogens (tertiary/aromatic N) is 1. The summed E-state index contributed by atoms with van der Waals surface area (Å²) in [5.74, 6) is 0.207. The van der Waals surface area contributed by atoms with Gasteiger partial charge in [-0.05, 0) is 41.4 Å². The summed E-state index contributed by atoms with van der Waals surface area (Å²) < 4.78 is 15.1. The summed E-state index contributed by atoms with van der Waals surface area (Å²) in [6, 6.07) is 10.8. The van der Waals surface area contributed by atoms with Crippen LogP contribution in [0.25, 0.3) is 11.3 Å². The smallest absolute Gasteiger partial charge is 0.225 e. The third-order valence-electron chi connectivity index (χ3n) is 4.71. The summed E-state index contributed by atoms with van der Waals surface area (Å²) in [7, 11) is 2.95. The molecule has 1 amide bonds. The van der Waals surface area contributed by atoms with Crippen LogP contribution in [0.5, 0.6) is 17.2 Å². The first-order valence-electron chi connectivity index (χ1n) is 8.52. The molecule has 1 aliphatic heterocycles. The first kappa shape index (κ1) is 18.6. The van der Waals surface area contributed by atoms with Crippen LogP contribution in [0.2, 0.25) is 5.02 Å². The molecule has 2 aromatic carbocycles. The van der Waals surface area contributed by atoms with Crippen molar-refractivity contribution in [2.75, 3.05) is 19.5 Å². The minimum absolute atomic E-state index is 0.0691. The molecule has 3 aromatic rings. The molecule has 0 spiro atoms. The SMILES string of the molecule is COc1cc([C@H]2CC(=O)Nc3c(-c4ccc(Cl)cc4)nsc32)cc(OC)c1O. The zero-order chi connectivity index (χ0) is 19.8. The van der Waals surface area contributed by atoms with Gasteiger partial charge in [-0.25, -0.2) is 0 Å². The van der Waals surface area contributed by atoms with Gasteiger partial charge in [-0.2, -0.15) is 4.37 Å². The fraction of sp³-hybridized carbons (Fsp3) is 0.200. The van der Waals surface area contributed by atoms with E-state index in [4.69, 9.17) is 21.1 Å². The lowest BCUT2D eigenvalue weighted by Crippen LogP contribution is -2.22. The topological polar surface area (TPSA) is 80.7 Å². The number of amides is 1. The van der Waals surface area contributed by atoms with E-state index in [0.29, 0.717) is 27.9 Å². The van der Waals surface area contributed by atoms with E-state index in [0.717, 1.165) is 16.0 Å². The quantitative estimate of drug-likeness (QED) is 0.646. The third kappa shape index (κ3) is 3.16. The number of rotatable bonds is 4. The molecule has 6 nitrogen and oxygen atoms in total. The van der Waals surface area contributed by atoms with Gasteiger partial charge in [0, 0.05) is 22.9 Å². The van der Waals surface area contributed by atoms with Crippen molar-refractivity contribution in [2.24, 2.45) is 0 Å². The number of anilines is 1. The summed E-state index contributed by atoms with van der Waals surface area (Å²) in [6.45, 7) is 0. The number of benzene rings is 2. The van der Waals surface area contributed by atoms with Crippen LogP contribution in [0.1, 0.15) is 22.8 Å². The van der Waals surface area contributed by atoms with Gasteiger partial charge in [-0.3, -0.25) is 4.79 Å². The maximum Gasteiger partial charge on any atom is 0.225 e. The van der Waals surface area contributed by atoms with Gasteiger partial charge in [0.1, 0.15) is 5.69 Å². The average molecular weight is 417 g/mol. The second kappa shape index (κ2) is 7.33. The summed E-state index contributed by atoms with van der Waals surface area (Å²) in [5, 5.41) is 13.8. The highest BCUT2D eigenvalue weighted by atomic mass is 35.5. The van der Waals surface area contributed by atoms with E-state index in [1.165, 1.54) is 25.8 Å². The highest BCUT2D eigenvalue weighted by Crippen LogP contribution is 2.47. The number of halogens is 1. The number of carbonyl (C=O) groups is 1. The molecule has 144 valence electrons. The van der Waals surface area contributed by atoms with Crippen LogP contribution >= 0.6 is 23.1 Å². The molecule has 28 heavy (non-hydrogen) atoms. The first-order chi connectivity index (χ1) is 13.5. The standard InChI is InChI=1S/C20H17ClN2O4S/c1-26-14-7-11(8-15(27-2)19(14)25)13-9-16(24)22-18-17(23-28-20(13)18)10-3-5-12(21)6-4-10/h3-8,13,25H,9H2,1-2H3,(H,22,24)/t13-/m1/s1. The zero-order valence-electron chi connectivity index (χ0n) is 15.2. The Morgan fingerprint density at radius 2 is 1.82 bits per heavy atom. The molecule has 0 saturated heterocycles. The lowest BCUT2D eigenvalue weighted by Gasteiger charge is -2.24. The minimum atomic E-state index is -0.217. The molecule has 0 fully saturated rings. The van der Waals surface area contributed by atoms with Gasteiger partial charge in [0.25, 0.3) is 0 Å². The number of fused-ring (bicyclic) bond motifs is 1. The summed E-state index contributed by atoms with van der Waals surface area (Å²) >= 11 is 7.33. The molecule has 0 unspecified atom stereocenters. The molecule has 4 rings (SSSR count). The van der Waals surface area contributed by atoms with Gasteiger partial charge >= 0.3 is 0 Å². The van der Waals surface area contributed by atoms with Gasteiger partial charge in [-0.1, -0.05) is 23.7 Å². The highest BCUT2D eigenvalue weighted by Gasteiger charge is 2.32. The Labute approximate surface area is 170 Å². The minimum Gasteiger partial charge on any atom is -0.502 e. The number of nitrogens with one attached hydrogen (secondary N) is 1. The van der Waals surface area contributed by atoms with E-state index in [1.807, 2.05) is 12.1 Å². The highest BCUT2D eigenvalue weighted by molar-refractivity contribution is 7.07. The van der Waals surface area contributed by atoms with E-state index < -0.39 is 0 Å². The number of carbonyl (C=O) groups excluding carboxylic acids is 1. The fourth-order valence-corrected chi connectivity index (χ4v) is 4.42. The van der Waals surface area contributed by atoms with Crippen LogP contribution in [-0.4, -0.2) is 29.6 Å². The molecule has 2 N–H and O–H groups in total.